The van der Waals surface area contributed by atoms with Crippen molar-refractivity contribution in [3.8, 4) is 0 Å². The second-order valence-corrected chi connectivity index (χ2v) is 2.47. The maximum absolute atomic E-state index is 10.9. The Morgan fingerprint density at radius 1 is 1.64 bits per heavy atom. The molecule has 0 bridgehead atoms. The molecule has 0 saturated heterocycles. The monoisotopic (exact) mass is 152 g/mol. The minimum Gasteiger partial charge on any atom is -0.469 e. The fraction of sp³-hybridized carbons (Fsp3) is 0.444. The van der Waals surface area contributed by atoms with E-state index in [-0.39, 0.29) is 0 Å². The Morgan fingerprint density at radius 2 is 2.45 bits per heavy atom. The van der Waals surface area contributed by atoms with Gasteiger partial charge in [-0.15, -0.1) is 0 Å². The van der Waals surface area contributed by atoms with Crippen molar-refractivity contribution in [2.24, 2.45) is 0 Å². The van der Waals surface area contributed by atoms with E-state index in [2.05, 4.69) is 0 Å². The highest BCUT2D eigenvalue weighted by Crippen LogP contribution is 2.04. The van der Waals surface area contributed by atoms with Gasteiger partial charge in [0.1, 0.15) is 11.5 Å². The number of carbonyl (C=O) groups excluding carboxylic acids is 1. The number of rotatable bonds is 4. The smallest absolute Gasteiger partial charge is 0.133 e. The van der Waals surface area contributed by atoms with Crippen molar-refractivity contribution >= 4 is 5.78 Å². The number of aryl methyl sites for hydroxylation is 1. The predicted octanol–water partition coefficient (Wildman–Crippen LogP) is 2.19. The lowest BCUT2D eigenvalue weighted by Gasteiger charge is -1.93. The molecule has 0 spiro atoms. The van der Waals surface area contributed by atoms with Crippen LogP contribution in [0.3, 0.4) is 0 Å². The molecule has 0 amide bonds. The highest BCUT2D eigenvalue weighted by atomic mass is 16.3. The molecule has 0 aliphatic carbocycles. The maximum atomic E-state index is 10.9. The van der Waals surface area contributed by atoms with E-state index in [9.17, 15) is 4.79 Å². The molecule has 2 heteroatoms. The largest absolute Gasteiger partial charge is 0.469 e. The molecule has 1 aromatic rings. The van der Waals surface area contributed by atoms with E-state index in [1.807, 2.05) is 19.1 Å². The number of ketones is 1. The van der Waals surface area contributed by atoms with Gasteiger partial charge in [-0.25, -0.2) is 0 Å². The minimum atomic E-state index is 0.293. The van der Waals surface area contributed by atoms with Crippen molar-refractivity contribution in [1.29, 1.82) is 0 Å². The molecule has 0 aromatic carbocycles. The summed E-state index contributed by atoms with van der Waals surface area (Å²) >= 11 is 0. The molecule has 1 rings (SSSR count). The Morgan fingerprint density at radius 3 is 3.00 bits per heavy atom. The number of hydrogen-bond donors (Lipinski definition) is 0. The van der Waals surface area contributed by atoms with Crippen molar-refractivity contribution in [3.05, 3.63) is 24.2 Å². The van der Waals surface area contributed by atoms with E-state index < -0.39 is 0 Å². The molecule has 0 atom stereocenters. The molecule has 0 aliphatic heterocycles. The van der Waals surface area contributed by atoms with E-state index in [0.717, 1.165) is 12.2 Å². The summed E-state index contributed by atoms with van der Waals surface area (Å²) in [5.41, 5.74) is 0. The van der Waals surface area contributed by atoms with Crippen LogP contribution in [0.2, 0.25) is 0 Å². The SMILES string of the molecule is CCC(=O)CCc1ccco1. The summed E-state index contributed by atoms with van der Waals surface area (Å²) in [7, 11) is 0. The Bertz CT molecular complexity index is 211. The molecule has 0 N–H and O–H groups in total. The van der Waals surface area contributed by atoms with Crippen LogP contribution >= 0.6 is 0 Å². The van der Waals surface area contributed by atoms with Crippen molar-refractivity contribution in [2.45, 2.75) is 26.2 Å². The maximum Gasteiger partial charge on any atom is 0.133 e. The zero-order valence-corrected chi connectivity index (χ0v) is 6.67. The molecule has 0 unspecified atom stereocenters. The Kier molecular flexibility index (Phi) is 2.90. The zero-order valence-electron chi connectivity index (χ0n) is 6.67. The van der Waals surface area contributed by atoms with Gasteiger partial charge in [0, 0.05) is 19.3 Å². The van der Waals surface area contributed by atoms with Gasteiger partial charge in [-0.05, 0) is 12.1 Å². The molecular formula is C9H12O2. The molecule has 0 aliphatic rings. The quantitative estimate of drug-likeness (QED) is 0.662. The first-order valence-corrected chi connectivity index (χ1v) is 3.87. The highest BCUT2D eigenvalue weighted by molar-refractivity contribution is 5.78. The molecule has 11 heavy (non-hydrogen) atoms. The topological polar surface area (TPSA) is 30.2 Å². The van der Waals surface area contributed by atoms with Gasteiger partial charge in [-0.3, -0.25) is 4.79 Å². The average molecular weight is 152 g/mol. The Balaban J connectivity index is 2.29. The minimum absolute atomic E-state index is 0.293. The number of furan rings is 1. The molecule has 1 aromatic heterocycles. The molecule has 1 heterocycles. The fourth-order valence-electron chi connectivity index (χ4n) is 0.894. The highest BCUT2D eigenvalue weighted by Gasteiger charge is 2.00. The van der Waals surface area contributed by atoms with E-state index >= 15 is 0 Å². The summed E-state index contributed by atoms with van der Waals surface area (Å²) in [5, 5.41) is 0. The van der Waals surface area contributed by atoms with Gasteiger partial charge in [0.2, 0.25) is 0 Å². The molecule has 0 fully saturated rings. The van der Waals surface area contributed by atoms with E-state index in [0.29, 0.717) is 18.6 Å². The summed E-state index contributed by atoms with van der Waals surface area (Å²) in [5.74, 6) is 1.19. The van der Waals surface area contributed by atoms with Crippen molar-refractivity contribution in [3.63, 3.8) is 0 Å². The van der Waals surface area contributed by atoms with Crippen LogP contribution in [0.1, 0.15) is 25.5 Å². The van der Waals surface area contributed by atoms with Crippen LogP contribution in [0, 0.1) is 0 Å². The van der Waals surface area contributed by atoms with Gasteiger partial charge < -0.3 is 4.42 Å². The van der Waals surface area contributed by atoms with Gasteiger partial charge in [-0.2, -0.15) is 0 Å². The second kappa shape index (κ2) is 3.96. The Labute approximate surface area is 66.2 Å². The number of carbonyl (C=O) groups is 1. The van der Waals surface area contributed by atoms with E-state index in [1.54, 1.807) is 6.26 Å². The standard InChI is InChI=1S/C9H12O2/c1-2-8(10)5-6-9-4-3-7-11-9/h3-4,7H,2,5-6H2,1H3. The lowest BCUT2D eigenvalue weighted by atomic mass is 10.1. The van der Waals surface area contributed by atoms with Crippen molar-refractivity contribution < 1.29 is 9.21 Å². The molecule has 60 valence electrons. The fourth-order valence-corrected chi connectivity index (χ4v) is 0.894. The molecular weight excluding hydrogens is 140 g/mol. The van der Waals surface area contributed by atoms with E-state index in [4.69, 9.17) is 4.42 Å². The van der Waals surface area contributed by atoms with Crippen molar-refractivity contribution in [2.75, 3.05) is 0 Å². The summed E-state index contributed by atoms with van der Waals surface area (Å²) < 4.78 is 5.08. The van der Waals surface area contributed by atoms with Crippen molar-refractivity contribution in [1.82, 2.24) is 0 Å². The third kappa shape index (κ3) is 2.58. The molecule has 2 nitrogen and oxygen atoms in total. The first-order valence-electron chi connectivity index (χ1n) is 3.87. The van der Waals surface area contributed by atoms with E-state index in [1.165, 1.54) is 0 Å². The van der Waals surface area contributed by atoms with Gasteiger partial charge in [0.15, 0.2) is 0 Å². The summed E-state index contributed by atoms with van der Waals surface area (Å²) in [6, 6.07) is 3.73. The first kappa shape index (κ1) is 8.05. The third-order valence-electron chi connectivity index (χ3n) is 1.62. The van der Waals surface area contributed by atoms with Crippen LogP contribution in [0.4, 0.5) is 0 Å². The summed E-state index contributed by atoms with van der Waals surface area (Å²) in [6.07, 6.45) is 3.59. The van der Waals surface area contributed by atoms with Crippen LogP contribution in [0.5, 0.6) is 0 Å². The van der Waals surface area contributed by atoms with Gasteiger partial charge >= 0.3 is 0 Å². The van der Waals surface area contributed by atoms with Crippen LogP contribution in [-0.2, 0) is 11.2 Å². The van der Waals surface area contributed by atoms with Crippen LogP contribution in [-0.4, -0.2) is 5.78 Å². The Hall–Kier alpha value is -1.05. The van der Waals surface area contributed by atoms with Gasteiger partial charge in [-0.1, -0.05) is 6.92 Å². The number of Topliss-reactive ketones (excluding diaryl/α,β-unsaturated/α-hetero) is 1. The predicted molar refractivity (Wildman–Crippen MR) is 42.3 cm³/mol. The molecule has 0 saturated carbocycles. The first-order chi connectivity index (χ1) is 5.33. The van der Waals surface area contributed by atoms with Crippen LogP contribution < -0.4 is 0 Å². The van der Waals surface area contributed by atoms with Crippen LogP contribution in [0.15, 0.2) is 22.8 Å². The van der Waals surface area contributed by atoms with Gasteiger partial charge in [0.05, 0.1) is 6.26 Å². The van der Waals surface area contributed by atoms with Gasteiger partial charge in [0.25, 0.3) is 0 Å². The molecule has 0 radical (unpaired) electrons. The number of hydrogen-bond acceptors (Lipinski definition) is 2. The summed E-state index contributed by atoms with van der Waals surface area (Å²) in [4.78, 5) is 10.9. The lowest BCUT2D eigenvalue weighted by Crippen LogP contribution is -1.96. The zero-order chi connectivity index (χ0) is 8.10. The third-order valence-corrected chi connectivity index (χ3v) is 1.62. The lowest BCUT2D eigenvalue weighted by molar-refractivity contribution is -0.118. The summed E-state index contributed by atoms with van der Waals surface area (Å²) in [6.45, 7) is 1.88. The average Bonchev–Trinajstić information content (AvgIpc) is 2.52. The normalized spacial score (nSPS) is 9.91. The second-order valence-electron chi connectivity index (χ2n) is 2.47. The van der Waals surface area contributed by atoms with Crippen LogP contribution in [0.25, 0.3) is 0 Å².